The van der Waals surface area contributed by atoms with Crippen molar-refractivity contribution in [3.63, 3.8) is 0 Å². The monoisotopic (exact) mass is 873 g/mol. The lowest BCUT2D eigenvalue weighted by molar-refractivity contribution is -0.163. The van der Waals surface area contributed by atoms with Crippen LogP contribution < -0.4 is 0 Å². The lowest BCUT2D eigenvalue weighted by Crippen LogP contribution is -2.30. The van der Waals surface area contributed by atoms with E-state index in [1.165, 1.54) is 231 Å². The molecule has 5 heteroatoms. The Morgan fingerprint density at radius 2 is 0.677 bits per heavy atom. The third-order valence-corrected chi connectivity index (χ3v) is 12.5. The number of carbonyl (C=O) groups is 2. The first-order chi connectivity index (χ1) is 30.6. The van der Waals surface area contributed by atoms with E-state index in [-0.39, 0.29) is 18.5 Å². The highest BCUT2D eigenvalue weighted by atomic mass is 16.6. The van der Waals surface area contributed by atoms with Crippen LogP contribution in [0.5, 0.6) is 0 Å². The number of unbranched alkanes of at least 4 members (excludes halogenated alkanes) is 37. The van der Waals surface area contributed by atoms with Crippen molar-refractivity contribution in [3.8, 4) is 0 Å². The van der Waals surface area contributed by atoms with E-state index in [0.29, 0.717) is 26.1 Å². The van der Waals surface area contributed by atoms with Gasteiger partial charge in [0.15, 0.2) is 6.10 Å². The summed E-state index contributed by atoms with van der Waals surface area (Å²) in [5, 5.41) is 0. The Labute approximate surface area is 387 Å². The first-order valence-electron chi connectivity index (χ1n) is 27.9. The van der Waals surface area contributed by atoms with Crippen LogP contribution in [0.25, 0.3) is 0 Å². The molecule has 0 aromatic carbocycles. The Kier molecular flexibility index (Phi) is 52.3. The van der Waals surface area contributed by atoms with E-state index in [4.69, 9.17) is 14.2 Å². The van der Waals surface area contributed by atoms with Crippen molar-refractivity contribution in [2.24, 2.45) is 0 Å². The van der Waals surface area contributed by atoms with Crippen molar-refractivity contribution in [1.29, 1.82) is 0 Å². The largest absolute Gasteiger partial charge is 0.462 e. The molecule has 0 N–H and O–H groups in total. The SMILES string of the molecule is CCCCC/C=C\C/C=C\CCCCCCCCCCCC(=O)OCC(COCCCCCCCCCC)OC(=O)CCCCCCCCCCCCCCCCCCCCC. The number of carbonyl (C=O) groups excluding carboxylic acids is 2. The van der Waals surface area contributed by atoms with Crippen LogP contribution in [-0.2, 0) is 23.8 Å². The van der Waals surface area contributed by atoms with Crippen molar-refractivity contribution in [2.45, 2.75) is 309 Å². The topological polar surface area (TPSA) is 61.8 Å². The molecule has 1 atom stereocenters. The summed E-state index contributed by atoms with van der Waals surface area (Å²) >= 11 is 0. The Bertz CT molecular complexity index is 943. The van der Waals surface area contributed by atoms with Crippen LogP contribution in [0.3, 0.4) is 0 Å². The van der Waals surface area contributed by atoms with Gasteiger partial charge in [0.05, 0.1) is 6.61 Å². The van der Waals surface area contributed by atoms with Gasteiger partial charge in [-0.15, -0.1) is 0 Å². The first-order valence-corrected chi connectivity index (χ1v) is 27.9. The van der Waals surface area contributed by atoms with Crippen LogP contribution in [0.15, 0.2) is 24.3 Å². The molecule has 0 rings (SSSR count). The zero-order chi connectivity index (χ0) is 44.9. The summed E-state index contributed by atoms with van der Waals surface area (Å²) < 4.78 is 17.4. The molecule has 0 aromatic heterocycles. The lowest BCUT2D eigenvalue weighted by Gasteiger charge is -2.18. The summed E-state index contributed by atoms with van der Waals surface area (Å²) in [5.41, 5.74) is 0. The number of hydrogen-bond donors (Lipinski definition) is 0. The molecule has 0 fully saturated rings. The van der Waals surface area contributed by atoms with Gasteiger partial charge in [-0.25, -0.2) is 0 Å². The van der Waals surface area contributed by atoms with E-state index >= 15 is 0 Å². The normalized spacial score (nSPS) is 12.2. The molecule has 0 bridgehead atoms. The molecule has 62 heavy (non-hydrogen) atoms. The van der Waals surface area contributed by atoms with E-state index in [9.17, 15) is 9.59 Å². The molecule has 0 aliphatic heterocycles. The predicted molar refractivity (Wildman–Crippen MR) is 270 cm³/mol. The van der Waals surface area contributed by atoms with Crippen molar-refractivity contribution in [1.82, 2.24) is 0 Å². The number of ether oxygens (including phenoxy) is 3. The third-order valence-electron chi connectivity index (χ3n) is 12.5. The van der Waals surface area contributed by atoms with Crippen LogP contribution in [-0.4, -0.2) is 37.9 Å². The van der Waals surface area contributed by atoms with Crippen LogP contribution in [0.2, 0.25) is 0 Å². The van der Waals surface area contributed by atoms with E-state index in [0.717, 1.165) is 38.5 Å². The van der Waals surface area contributed by atoms with E-state index in [1.54, 1.807) is 0 Å². The Morgan fingerprint density at radius 3 is 1.10 bits per heavy atom. The van der Waals surface area contributed by atoms with Gasteiger partial charge in [-0.1, -0.05) is 263 Å². The second-order valence-corrected chi connectivity index (χ2v) is 18.9. The molecule has 0 radical (unpaired) electrons. The predicted octanol–water partition coefficient (Wildman–Crippen LogP) is 18.8. The average Bonchev–Trinajstić information content (AvgIpc) is 3.27. The molecular weight excluding hydrogens is 765 g/mol. The molecular formula is C57H108O5. The quantitative estimate of drug-likeness (QED) is 0.0346. The van der Waals surface area contributed by atoms with E-state index in [1.807, 2.05) is 0 Å². The van der Waals surface area contributed by atoms with Crippen molar-refractivity contribution >= 4 is 11.9 Å². The highest BCUT2D eigenvalue weighted by Crippen LogP contribution is 2.17. The summed E-state index contributed by atoms with van der Waals surface area (Å²) in [5.74, 6) is -0.382. The summed E-state index contributed by atoms with van der Waals surface area (Å²) in [6.45, 7) is 7.85. The summed E-state index contributed by atoms with van der Waals surface area (Å²) in [4.78, 5) is 25.4. The van der Waals surface area contributed by atoms with Crippen molar-refractivity contribution in [2.75, 3.05) is 19.8 Å². The zero-order valence-corrected chi connectivity index (χ0v) is 42.2. The first kappa shape index (κ1) is 60.4. The zero-order valence-electron chi connectivity index (χ0n) is 42.2. The standard InChI is InChI=1S/C57H108O5/c1-4-7-10-13-16-19-21-23-25-27-29-31-33-35-37-39-41-44-47-50-56(58)61-54-55(53-60-52-49-46-43-18-15-12-9-6-3)62-57(59)51-48-45-42-40-38-36-34-32-30-28-26-24-22-20-17-14-11-8-5-2/h16,19,23,25,55H,4-15,17-18,20-22,24,26-54H2,1-3H3/b19-16-,25-23-. The number of rotatable bonds is 52. The fourth-order valence-electron chi connectivity index (χ4n) is 8.31. The van der Waals surface area contributed by atoms with Crippen LogP contribution >= 0.6 is 0 Å². The van der Waals surface area contributed by atoms with Gasteiger partial charge < -0.3 is 14.2 Å². The van der Waals surface area contributed by atoms with Crippen LogP contribution in [0.1, 0.15) is 303 Å². The minimum atomic E-state index is -0.529. The van der Waals surface area contributed by atoms with E-state index < -0.39 is 6.10 Å². The van der Waals surface area contributed by atoms with Gasteiger partial charge in [-0.2, -0.15) is 0 Å². The minimum Gasteiger partial charge on any atom is -0.462 e. The molecule has 1 unspecified atom stereocenters. The smallest absolute Gasteiger partial charge is 0.306 e. The van der Waals surface area contributed by atoms with Gasteiger partial charge in [-0.05, 0) is 51.4 Å². The van der Waals surface area contributed by atoms with Crippen molar-refractivity contribution in [3.05, 3.63) is 24.3 Å². The third kappa shape index (κ3) is 51.0. The Hall–Kier alpha value is -1.62. The molecule has 0 saturated carbocycles. The van der Waals surface area contributed by atoms with Crippen LogP contribution in [0.4, 0.5) is 0 Å². The fraction of sp³-hybridized carbons (Fsp3) is 0.895. The average molecular weight is 873 g/mol. The maximum atomic E-state index is 12.8. The lowest BCUT2D eigenvalue weighted by atomic mass is 10.0. The van der Waals surface area contributed by atoms with Gasteiger partial charge >= 0.3 is 11.9 Å². The number of esters is 2. The van der Waals surface area contributed by atoms with E-state index in [2.05, 4.69) is 45.1 Å². The van der Waals surface area contributed by atoms with Gasteiger partial charge in [0, 0.05) is 19.4 Å². The Morgan fingerprint density at radius 1 is 0.355 bits per heavy atom. The molecule has 0 aliphatic rings. The second kappa shape index (κ2) is 53.7. The highest BCUT2D eigenvalue weighted by molar-refractivity contribution is 5.70. The second-order valence-electron chi connectivity index (χ2n) is 18.9. The fourth-order valence-corrected chi connectivity index (χ4v) is 8.31. The van der Waals surface area contributed by atoms with Gasteiger partial charge in [0.25, 0.3) is 0 Å². The molecule has 0 heterocycles. The summed E-state index contributed by atoms with van der Waals surface area (Å²) in [7, 11) is 0. The van der Waals surface area contributed by atoms with Crippen molar-refractivity contribution < 1.29 is 23.8 Å². The molecule has 0 aromatic rings. The summed E-state index contributed by atoms with van der Waals surface area (Å²) in [6, 6.07) is 0. The van der Waals surface area contributed by atoms with Gasteiger partial charge in [0.2, 0.25) is 0 Å². The summed E-state index contributed by atoms with van der Waals surface area (Å²) in [6.07, 6.45) is 63.4. The highest BCUT2D eigenvalue weighted by Gasteiger charge is 2.17. The molecule has 0 spiro atoms. The number of allylic oxidation sites excluding steroid dienone is 4. The molecule has 0 aliphatic carbocycles. The Balaban J connectivity index is 4.08. The minimum absolute atomic E-state index is 0.0904. The van der Waals surface area contributed by atoms with Gasteiger partial charge in [0.1, 0.15) is 6.61 Å². The molecule has 366 valence electrons. The number of hydrogen-bond acceptors (Lipinski definition) is 5. The maximum absolute atomic E-state index is 12.8. The maximum Gasteiger partial charge on any atom is 0.306 e. The molecule has 0 amide bonds. The van der Waals surface area contributed by atoms with Crippen LogP contribution in [0, 0.1) is 0 Å². The molecule has 0 saturated heterocycles. The molecule has 5 nitrogen and oxygen atoms in total. The van der Waals surface area contributed by atoms with Gasteiger partial charge in [-0.3, -0.25) is 9.59 Å².